The molecule has 1 heterocycles. The van der Waals surface area contributed by atoms with Crippen LogP contribution in [0.3, 0.4) is 0 Å². The lowest BCUT2D eigenvalue weighted by atomic mass is 9.81. The molecule has 4 heteroatoms. The Morgan fingerprint density at radius 2 is 1.43 bits per heavy atom. The summed E-state index contributed by atoms with van der Waals surface area (Å²) in [4.78, 5) is 12.4. The van der Waals surface area contributed by atoms with Gasteiger partial charge in [0, 0.05) is 11.8 Å². The first-order valence-corrected chi connectivity index (χ1v) is 9.55. The molecule has 2 saturated carbocycles. The van der Waals surface area contributed by atoms with Gasteiger partial charge < -0.3 is 14.2 Å². The molecule has 3 aliphatic rings. The number of rotatable bonds is 3. The normalized spacial score (nSPS) is 42.2. The van der Waals surface area contributed by atoms with Crippen LogP contribution in [0.15, 0.2) is 0 Å². The van der Waals surface area contributed by atoms with Crippen LogP contribution < -0.4 is 0 Å². The van der Waals surface area contributed by atoms with Crippen LogP contribution in [-0.2, 0) is 19.0 Å². The summed E-state index contributed by atoms with van der Waals surface area (Å²) in [5, 5.41) is 0. The van der Waals surface area contributed by atoms with Gasteiger partial charge in [-0.2, -0.15) is 0 Å². The minimum absolute atomic E-state index is 0.0436. The monoisotopic (exact) mass is 324 g/mol. The van der Waals surface area contributed by atoms with E-state index in [1.165, 1.54) is 12.8 Å². The number of hydrogen-bond donors (Lipinski definition) is 0. The van der Waals surface area contributed by atoms with Crippen molar-refractivity contribution < 1.29 is 19.0 Å². The molecule has 0 radical (unpaired) electrons. The molecule has 0 atom stereocenters. The number of hydrogen-bond acceptors (Lipinski definition) is 4. The zero-order valence-corrected chi connectivity index (χ0v) is 14.7. The highest BCUT2D eigenvalue weighted by molar-refractivity contribution is 5.72. The van der Waals surface area contributed by atoms with E-state index in [-0.39, 0.29) is 24.3 Å². The Bertz CT molecular complexity index is 373. The summed E-state index contributed by atoms with van der Waals surface area (Å²) in [5.41, 5.74) is 0. The van der Waals surface area contributed by atoms with E-state index in [4.69, 9.17) is 14.2 Å². The largest absolute Gasteiger partial charge is 0.462 e. The molecule has 0 aromatic carbocycles. The van der Waals surface area contributed by atoms with E-state index in [0.717, 1.165) is 57.7 Å². The molecule has 0 unspecified atom stereocenters. The highest BCUT2D eigenvalue weighted by atomic mass is 16.7. The van der Waals surface area contributed by atoms with Crippen molar-refractivity contribution in [2.45, 2.75) is 77.6 Å². The van der Waals surface area contributed by atoms with E-state index in [0.29, 0.717) is 11.8 Å². The maximum Gasteiger partial charge on any atom is 0.309 e. The summed E-state index contributed by atoms with van der Waals surface area (Å²) in [6.45, 7) is 6.03. The van der Waals surface area contributed by atoms with Gasteiger partial charge in [0.25, 0.3) is 0 Å². The molecule has 4 nitrogen and oxygen atoms in total. The summed E-state index contributed by atoms with van der Waals surface area (Å²) in [6, 6.07) is 0. The number of ether oxygens (including phenoxy) is 3. The quantitative estimate of drug-likeness (QED) is 0.738. The fourth-order valence-corrected chi connectivity index (χ4v) is 4.12. The fraction of sp³-hybridized carbons (Fsp3) is 0.947. The Hall–Kier alpha value is -0.610. The van der Waals surface area contributed by atoms with Crippen LogP contribution in [0.25, 0.3) is 0 Å². The molecule has 0 amide bonds. The maximum absolute atomic E-state index is 12.4. The SMILES string of the molecule is CC1CCC(OC(=O)C2CCC(C3OCC(C)CO3)CC2)CC1. The van der Waals surface area contributed by atoms with E-state index < -0.39 is 0 Å². The van der Waals surface area contributed by atoms with Crippen molar-refractivity contribution in [1.82, 2.24) is 0 Å². The number of esters is 1. The third-order valence-corrected chi connectivity index (χ3v) is 5.83. The Balaban J connectivity index is 1.39. The highest BCUT2D eigenvalue weighted by Crippen LogP contribution is 2.35. The van der Waals surface area contributed by atoms with Crippen molar-refractivity contribution in [2.75, 3.05) is 13.2 Å². The van der Waals surface area contributed by atoms with Crippen molar-refractivity contribution in [3.63, 3.8) is 0 Å². The number of carbonyl (C=O) groups excluding carboxylic acids is 1. The van der Waals surface area contributed by atoms with Crippen LogP contribution in [0, 0.1) is 23.7 Å². The molecule has 0 N–H and O–H groups in total. The third-order valence-electron chi connectivity index (χ3n) is 5.83. The lowest BCUT2D eigenvalue weighted by molar-refractivity contribution is -0.227. The molecule has 3 rings (SSSR count). The molecule has 0 aromatic heterocycles. The molecule has 0 spiro atoms. The Kier molecular flexibility index (Phi) is 5.97. The van der Waals surface area contributed by atoms with Gasteiger partial charge in [0.15, 0.2) is 6.29 Å². The summed E-state index contributed by atoms with van der Waals surface area (Å²) < 4.78 is 17.4. The zero-order chi connectivity index (χ0) is 16.2. The van der Waals surface area contributed by atoms with E-state index in [1.54, 1.807) is 0 Å². The van der Waals surface area contributed by atoms with Gasteiger partial charge in [0.1, 0.15) is 6.10 Å². The van der Waals surface area contributed by atoms with Gasteiger partial charge in [-0.3, -0.25) is 4.79 Å². The second-order valence-corrected chi connectivity index (χ2v) is 8.07. The van der Waals surface area contributed by atoms with Crippen molar-refractivity contribution >= 4 is 5.97 Å². The second kappa shape index (κ2) is 7.98. The van der Waals surface area contributed by atoms with Crippen molar-refractivity contribution in [2.24, 2.45) is 23.7 Å². The number of carbonyl (C=O) groups is 1. The van der Waals surface area contributed by atoms with Crippen molar-refractivity contribution in [1.29, 1.82) is 0 Å². The molecule has 2 aliphatic carbocycles. The van der Waals surface area contributed by atoms with E-state index >= 15 is 0 Å². The van der Waals surface area contributed by atoms with Crippen molar-refractivity contribution in [3.8, 4) is 0 Å². The van der Waals surface area contributed by atoms with Gasteiger partial charge in [-0.05, 0) is 57.3 Å². The predicted molar refractivity (Wildman–Crippen MR) is 87.8 cm³/mol. The summed E-state index contributed by atoms with van der Waals surface area (Å²) in [6.07, 6.45) is 8.47. The summed E-state index contributed by atoms with van der Waals surface area (Å²) in [7, 11) is 0. The topological polar surface area (TPSA) is 44.8 Å². The zero-order valence-electron chi connectivity index (χ0n) is 14.7. The molecular formula is C19H32O4. The van der Waals surface area contributed by atoms with Gasteiger partial charge in [-0.25, -0.2) is 0 Å². The second-order valence-electron chi connectivity index (χ2n) is 8.07. The van der Waals surface area contributed by atoms with E-state index in [2.05, 4.69) is 13.8 Å². The van der Waals surface area contributed by atoms with Gasteiger partial charge in [0.2, 0.25) is 0 Å². The van der Waals surface area contributed by atoms with Crippen LogP contribution >= 0.6 is 0 Å². The minimum atomic E-state index is -0.0528. The van der Waals surface area contributed by atoms with Crippen LogP contribution in [0.5, 0.6) is 0 Å². The van der Waals surface area contributed by atoms with E-state index in [9.17, 15) is 4.79 Å². The smallest absolute Gasteiger partial charge is 0.309 e. The molecule has 3 fully saturated rings. The molecule has 0 aromatic rings. The molecule has 1 aliphatic heterocycles. The first-order chi connectivity index (χ1) is 11.1. The molecule has 132 valence electrons. The minimum Gasteiger partial charge on any atom is -0.462 e. The standard InChI is InChI=1S/C19H32O4/c1-13-3-9-17(10-4-13)23-18(20)15-5-7-16(8-6-15)19-21-11-14(2)12-22-19/h13-17,19H,3-12H2,1-2H3. The first-order valence-electron chi connectivity index (χ1n) is 9.55. The highest BCUT2D eigenvalue weighted by Gasteiger charge is 2.35. The Labute approximate surface area is 140 Å². The lowest BCUT2D eigenvalue weighted by Crippen LogP contribution is -2.38. The lowest BCUT2D eigenvalue weighted by Gasteiger charge is -2.36. The molecular weight excluding hydrogens is 292 g/mol. The first kappa shape index (κ1) is 17.2. The Morgan fingerprint density at radius 1 is 0.826 bits per heavy atom. The van der Waals surface area contributed by atoms with Crippen LogP contribution in [0.1, 0.15) is 65.2 Å². The molecule has 23 heavy (non-hydrogen) atoms. The average Bonchev–Trinajstić information content (AvgIpc) is 2.58. The molecule has 1 saturated heterocycles. The third kappa shape index (κ3) is 4.69. The van der Waals surface area contributed by atoms with Gasteiger partial charge in [-0.15, -0.1) is 0 Å². The maximum atomic E-state index is 12.4. The van der Waals surface area contributed by atoms with Crippen molar-refractivity contribution in [3.05, 3.63) is 0 Å². The Morgan fingerprint density at radius 3 is 2.04 bits per heavy atom. The average molecular weight is 324 g/mol. The van der Waals surface area contributed by atoms with Gasteiger partial charge in [-0.1, -0.05) is 13.8 Å². The summed E-state index contributed by atoms with van der Waals surface area (Å²) >= 11 is 0. The van der Waals surface area contributed by atoms with Crippen LogP contribution in [-0.4, -0.2) is 31.6 Å². The predicted octanol–water partition coefficient (Wildman–Crippen LogP) is 3.92. The van der Waals surface area contributed by atoms with E-state index in [1.807, 2.05) is 0 Å². The fourth-order valence-electron chi connectivity index (χ4n) is 4.12. The summed E-state index contributed by atoms with van der Waals surface area (Å²) in [5.74, 6) is 1.87. The van der Waals surface area contributed by atoms with Crippen LogP contribution in [0.4, 0.5) is 0 Å². The van der Waals surface area contributed by atoms with Crippen LogP contribution in [0.2, 0.25) is 0 Å². The van der Waals surface area contributed by atoms with Gasteiger partial charge >= 0.3 is 5.97 Å². The van der Waals surface area contributed by atoms with Gasteiger partial charge in [0.05, 0.1) is 19.1 Å². The molecule has 0 bridgehead atoms.